The van der Waals surface area contributed by atoms with Crippen molar-refractivity contribution in [1.29, 1.82) is 0 Å². The van der Waals surface area contributed by atoms with Crippen molar-refractivity contribution in [3.05, 3.63) is 74.6 Å². The quantitative estimate of drug-likeness (QED) is 0.691. The zero-order chi connectivity index (χ0) is 17.0. The van der Waals surface area contributed by atoms with Crippen molar-refractivity contribution >= 4 is 11.0 Å². The smallest absolute Gasteiger partial charge is 0.336 e. The van der Waals surface area contributed by atoms with Gasteiger partial charge in [0.2, 0.25) is 0 Å². The van der Waals surface area contributed by atoms with Crippen LogP contribution in [0.3, 0.4) is 0 Å². The molecule has 1 aliphatic rings. The third-order valence-corrected chi connectivity index (χ3v) is 4.84. The van der Waals surface area contributed by atoms with Gasteiger partial charge in [-0.2, -0.15) is 0 Å². The average Bonchev–Trinajstić information content (AvgIpc) is 2.89. The van der Waals surface area contributed by atoms with Crippen LogP contribution in [0.1, 0.15) is 40.0 Å². The predicted molar refractivity (Wildman–Crippen MR) is 91.5 cm³/mol. The van der Waals surface area contributed by atoms with Crippen molar-refractivity contribution in [2.45, 2.75) is 33.0 Å². The highest BCUT2D eigenvalue weighted by Gasteiger charge is 2.35. The fourth-order valence-electron chi connectivity index (χ4n) is 3.52. The van der Waals surface area contributed by atoms with Gasteiger partial charge >= 0.3 is 5.63 Å². The molecule has 0 bridgehead atoms. The van der Waals surface area contributed by atoms with Gasteiger partial charge in [-0.05, 0) is 43.5 Å². The Morgan fingerprint density at radius 3 is 2.50 bits per heavy atom. The molecule has 2 heterocycles. The normalized spacial score (nSPS) is 19.3. The fraction of sp³-hybridized carbons (Fsp3) is 0.250. The zero-order valence-corrected chi connectivity index (χ0v) is 13.8. The number of aliphatic hydroxyl groups excluding tert-OH is 1. The SMILES string of the molecule is Cc1cc(C)c2c(C3Oc4ccccc4C3O)cc(=O)oc2c1C. The van der Waals surface area contributed by atoms with Gasteiger partial charge in [-0.1, -0.05) is 24.3 Å². The summed E-state index contributed by atoms with van der Waals surface area (Å²) in [7, 11) is 0. The largest absolute Gasteiger partial charge is 0.482 e. The second-order valence-electron chi connectivity index (χ2n) is 6.38. The number of para-hydroxylation sites is 1. The highest BCUT2D eigenvalue weighted by Crippen LogP contribution is 2.46. The van der Waals surface area contributed by atoms with Crippen LogP contribution in [-0.2, 0) is 0 Å². The molecular formula is C20H18O4. The number of aliphatic hydroxyl groups is 1. The van der Waals surface area contributed by atoms with Crippen molar-refractivity contribution < 1.29 is 14.3 Å². The molecule has 1 N–H and O–H groups in total. The van der Waals surface area contributed by atoms with Crippen molar-refractivity contribution in [3.63, 3.8) is 0 Å². The summed E-state index contributed by atoms with van der Waals surface area (Å²) in [5.74, 6) is 0.651. The molecule has 1 aromatic heterocycles. The summed E-state index contributed by atoms with van der Waals surface area (Å²) >= 11 is 0. The Labute approximate surface area is 139 Å². The van der Waals surface area contributed by atoms with Gasteiger partial charge in [-0.3, -0.25) is 0 Å². The van der Waals surface area contributed by atoms with Crippen LogP contribution >= 0.6 is 0 Å². The molecule has 4 heteroatoms. The summed E-state index contributed by atoms with van der Waals surface area (Å²) in [6.45, 7) is 5.91. The first kappa shape index (κ1) is 15.0. The van der Waals surface area contributed by atoms with E-state index in [1.165, 1.54) is 6.07 Å². The molecule has 0 spiro atoms. The molecule has 0 amide bonds. The van der Waals surface area contributed by atoms with E-state index < -0.39 is 17.8 Å². The van der Waals surface area contributed by atoms with E-state index in [2.05, 4.69) is 6.07 Å². The van der Waals surface area contributed by atoms with Crippen LogP contribution in [0.15, 0.2) is 45.6 Å². The second-order valence-corrected chi connectivity index (χ2v) is 6.38. The standard InChI is InChI=1S/C20H18O4/c1-10-8-11(2)17-14(9-16(21)24-19(17)12(10)3)20-18(22)13-6-4-5-7-15(13)23-20/h4-9,18,20,22H,1-3H3. The van der Waals surface area contributed by atoms with E-state index >= 15 is 0 Å². The minimum absolute atomic E-state index is 0.433. The van der Waals surface area contributed by atoms with E-state index in [-0.39, 0.29) is 0 Å². The van der Waals surface area contributed by atoms with Crippen LogP contribution in [0.25, 0.3) is 11.0 Å². The summed E-state index contributed by atoms with van der Waals surface area (Å²) in [5.41, 5.74) is 4.55. The molecule has 0 radical (unpaired) electrons. The molecule has 4 rings (SSSR count). The van der Waals surface area contributed by atoms with Crippen molar-refractivity contribution in [2.24, 2.45) is 0 Å². The fourth-order valence-corrected chi connectivity index (χ4v) is 3.52. The van der Waals surface area contributed by atoms with E-state index in [1.54, 1.807) is 0 Å². The van der Waals surface area contributed by atoms with Crippen LogP contribution in [0.5, 0.6) is 5.75 Å². The van der Waals surface area contributed by atoms with E-state index in [1.807, 2.05) is 45.0 Å². The van der Waals surface area contributed by atoms with Crippen LogP contribution in [-0.4, -0.2) is 5.11 Å². The van der Waals surface area contributed by atoms with Crippen LogP contribution in [0.2, 0.25) is 0 Å². The number of rotatable bonds is 1. The number of ether oxygens (including phenoxy) is 1. The summed E-state index contributed by atoms with van der Waals surface area (Å²) in [6.07, 6.45) is -1.43. The minimum atomic E-state index is -0.813. The van der Waals surface area contributed by atoms with Gasteiger partial charge in [0.1, 0.15) is 17.4 Å². The lowest BCUT2D eigenvalue weighted by Crippen LogP contribution is -2.14. The van der Waals surface area contributed by atoms with Gasteiger partial charge in [0.05, 0.1) is 0 Å². The van der Waals surface area contributed by atoms with E-state index in [4.69, 9.17) is 9.15 Å². The predicted octanol–water partition coefficient (Wildman–Crippen LogP) is 3.89. The lowest BCUT2D eigenvalue weighted by molar-refractivity contribution is 0.0680. The molecule has 24 heavy (non-hydrogen) atoms. The Kier molecular flexibility index (Phi) is 3.25. The number of hydrogen-bond acceptors (Lipinski definition) is 4. The third-order valence-electron chi connectivity index (χ3n) is 4.84. The van der Waals surface area contributed by atoms with Gasteiger partial charge in [0.15, 0.2) is 6.10 Å². The molecule has 2 aromatic carbocycles. The number of fused-ring (bicyclic) bond motifs is 2. The lowest BCUT2D eigenvalue weighted by Gasteiger charge is -2.19. The van der Waals surface area contributed by atoms with E-state index in [9.17, 15) is 9.90 Å². The van der Waals surface area contributed by atoms with Gasteiger partial charge in [-0.15, -0.1) is 0 Å². The van der Waals surface area contributed by atoms with Crippen LogP contribution < -0.4 is 10.4 Å². The number of benzene rings is 2. The van der Waals surface area contributed by atoms with Crippen molar-refractivity contribution in [3.8, 4) is 5.75 Å². The summed E-state index contributed by atoms with van der Waals surface area (Å²) in [6, 6.07) is 10.9. The van der Waals surface area contributed by atoms with E-state index in [0.717, 1.165) is 27.6 Å². The maximum Gasteiger partial charge on any atom is 0.336 e. The summed E-state index contributed by atoms with van der Waals surface area (Å²) < 4.78 is 11.4. The molecular weight excluding hydrogens is 304 g/mol. The number of hydrogen-bond donors (Lipinski definition) is 1. The zero-order valence-electron chi connectivity index (χ0n) is 13.8. The Bertz CT molecular complexity index is 1020. The first-order valence-electron chi connectivity index (χ1n) is 7.95. The average molecular weight is 322 g/mol. The van der Waals surface area contributed by atoms with E-state index in [0.29, 0.717) is 16.9 Å². The lowest BCUT2D eigenvalue weighted by atomic mass is 9.93. The Morgan fingerprint density at radius 1 is 1.00 bits per heavy atom. The Hall–Kier alpha value is -2.59. The molecule has 0 saturated carbocycles. The maximum atomic E-state index is 12.1. The van der Waals surface area contributed by atoms with Crippen LogP contribution in [0.4, 0.5) is 0 Å². The topological polar surface area (TPSA) is 59.7 Å². The van der Waals surface area contributed by atoms with Gasteiger partial charge in [-0.25, -0.2) is 4.79 Å². The second kappa shape index (κ2) is 5.21. The first-order valence-corrected chi connectivity index (χ1v) is 7.95. The summed E-state index contributed by atoms with van der Waals surface area (Å²) in [4.78, 5) is 12.1. The molecule has 4 nitrogen and oxygen atoms in total. The molecule has 2 unspecified atom stereocenters. The maximum absolute atomic E-state index is 12.1. The van der Waals surface area contributed by atoms with Gasteiger partial charge in [0.25, 0.3) is 0 Å². The highest BCUT2D eigenvalue weighted by molar-refractivity contribution is 5.87. The van der Waals surface area contributed by atoms with Crippen molar-refractivity contribution in [1.82, 2.24) is 0 Å². The molecule has 0 fully saturated rings. The van der Waals surface area contributed by atoms with Gasteiger partial charge in [0, 0.05) is 22.6 Å². The van der Waals surface area contributed by atoms with Gasteiger partial charge < -0.3 is 14.3 Å². The molecule has 3 aromatic rings. The number of aryl methyl sites for hydroxylation is 3. The summed E-state index contributed by atoms with van der Waals surface area (Å²) in [5, 5.41) is 11.5. The molecule has 0 aliphatic carbocycles. The first-order chi connectivity index (χ1) is 11.5. The Morgan fingerprint density at radius 2 is 1.75 bits per heavy atom. The monoisotopic (exact) mass is 322 g/mol. The minimum Gasteiger partial charge on any atom is -0.482 e. The molecule has 2 atom stereocenters. The molecule has 1 aliphatic heterocycles. The molecule has 0 saturated heterocycles. The highest BCUT2D eigenvalue weighted by atomic mass is 16.5. The van der Waals surface area contributed by atoms with Crippen molar-refractivity contribution in [2.75, 3.05) is 0 Å². The Balaban J connectivity index is 1.99. The van der Waals surface area contributed by atoms with Crippen LogP contribution in [0, 0.1) is 20.8 Å². The molecule has 122 valence electrons. The third kappa shape index (κ3) is 2.07.